The molecule has 0 saturated carbocycles. The Kier molecular flexibility index (Phi) is 3.18. The van der Waals surface area contributed by atoms with Gasteiger partial charge in [-0.25, -0.2) is 0 Å². The molecule has 0 aliphatic rings. The first-order valence-electron chi connectivity index (χ1n) is 3.57. The molecule has 6 heteroatoms. The molecule has 1 rings (SSSR count). The number of rotatable bonds is 3. The van der Waals surface area contributed by atoms with E-state index in [1.54, 1.807) is 6.92 Å². The van der Waals surface area contributed by atoms with E-state index in [-0.39, 0.29) is 11.4 Å². The van der Waals surface area contributed by atoms with Crippen LogP contribution in [0.25, 0.3) is 0 Å². The number of aromatic nitrogens is 1. The number of ether oxygens (including phenoxy) is 1. The Morgan fingerprint density at radius 3 is 2.92 bits per heavy atom. The van der Waals surface area contributed by atoms with E-state index in [1.165, 1.54) is 6.20 Å². The van der Waals surface area contributed by atoms with E-state index in [4.69, 9.17) is 4.74 Å². The van der Waals surface area contributed by atoms with Crippen molar-refractivity contribution in [3.8, 4) is 5.75 Å². The lowest BCUT2D eigenvalue weighted by molar-refractivity contribution is -0.386. The van der Waals surface area contributed by atoms with Crippen LogP contribution in [0.5, 0.6) is 5.75 Å². The van der Waals surface area contributed by atoms with Gasteiger partial charge in [-0.05, 0) is 22.9 Å². The second kappa shape index (κ2) is 4.18. The largest absolute Gasteiger partial charge is 0.486 e. The normalized spacial score (nSPS) is 9.69. The summed E-state index contributed by atoms with van der Waals surface area (Å²) in [5.41, 5.74) is -0.128. The maximum absolute atomic E-state index is 10.5. The second-order valence-electron chi connectivity index (χ2n) is 2.16. The average Bonchev–Trinajstić information content (AvgIpc) is 2.08. The van der Waals surface area contributed by atoms with E-state index in [1.807, 2.05) is 0 Å². The summed E-state index contributed by atoms with van der Waals surface area (Å²) < 4.78 is 5.59. The van der Waals surface area contributed by atoms with Gasteiger partial charge in [-0.3, -0.25) is 15.1 Å². The fraction of sp³-hybridized carbons (Fsp3) is 0.286. The van der Waals surface area contributed by atoms with Gasteiger partial charge in [0.25, 0.3) is 0 Å². The van der Waals surface area contributed by atoms with E-state index in [2.05, 4.69) is 20.9 Å². The molecule has 0 aliphatic heterocycles. The standard InChI is InChI=1S/C7H7BrN2O3/c1-2-13-7-5(8)3-9-4-6(7)10(11)12/h3-4H,2H2,1H3. The van der Waals surface area contributed by atoms with Crippen molar-refractivity contribution >= 4 is 21.6 Å². The zero-order valence-electron chi connectivity index (χ0n) is 6.86. The molecule has 0 N–H and O–H groups in total. The number of nitrogens with zero attached hydrogens (tertiary/aromatic N) is 2. The number of nitro groups is 1. The summed E-state index contributed by atoms with van der Waals surface area (Å²) in [5, 5.41) is 10.5. The first kappa shape index (κ1) is 9.91. The van der Waals surface area contributed by atoms with Crippen LogP contribution in [0.4, 0.5) is 5.69 Å². The van der Waals surface area contributed by atoms with Gasteiger partial charge in [0.2, 0.25) is 5.75 Å². The Labute approximate surface area is 83.0 Å². The zero-order valence-corrected chi connectivity index (χ0v) is 8.44. The maximum Gasteiger partial charge on any atom is 0.330 e. The van der Waals surface area contributed by atoms with Gasteiger partial charge in [0, 0.05) is 6.20 Å². The molecule has 0 radical (unpaired) electrons. The summed E-state index contributed by atoms with van der Waals surface area (Å²) in [6.07, 6.45) is 2.62. The first-order valence-corrected chi connectivity index (χ1v) is 4.36. The van der Waals surface area contributed by atoms with E-state index in [9.17, 15) is 10.1 Å². The van der Waals surface area contributed by atoms with Crippen molar-refractivity contribution in [2.24, 2.45) is 0 Å². The molecule has 0 amide bonds. The summed E-state index contributed by atoms with van der Waals surface area (Å²) in [6, 6.07) is 0. The number of halogens is 1. The van der Waals surface area contributed by atoms with Gasteiger partial charge < -0.3 is 4.74 Å². The van der Waals surface area contributed by atoms with Crippen LogP contribution in [0.3, 0.4) is 0 Å². The molecule has 0 atom stereocenters. The van der Waals surface area contributed by atoms with Crippen molar-refractivity contribution in [1.29, 1.82) is 0 Å². The van der Waals surface area contributed by atoms with Crippen molar-refractivity contribution < 1.29 is 9.66 Å². The summed E-state index contributed by atoms with van der Waals surface area (Å²) in [6.45, 7) is 2.14. The van der Waals surface area contributed by atoms with Crippen molar-refractivity contribution in [2.45, 2.75) is 6.92 Å². The minimum Gasteiger partial charge on any atom is -0.486 e. The quantitative estimate of drug-likeness (QED) is 0.606. The lowest BCUT2D eigenvalue weighted by Gasteiger charge is -2.04. The topological polar surface area (TPSA) is 65.3 Å². The zero-order chi connectivity index (χ0) is 9.84. The predicted octanol–water partition coefficient (Wildman–Crippen LogP) is 2.15. The van der Waals surface area contributed by atoms with Crippen molar-refractivity contribution in [2.75, 3.05) is 6.61 Å². The highest BCUT2D eigenvalue weighted by molar-refractivity contribution is 9.10. The van der Waals surface area contributed by atoms with Crippen LogP contribution in [-0.2, 0) is 0 Å². The highest BCUT2D eigenvalue weighted by Crippen LogP contribution is 2.33. The molecule has 0 aromatic carbocycles. The average molecular weight is 247 g/mol. The van der Waals surface area contributed by atoms with Crippen LogP contribution in [0.2, 0.25) is 0 Å². The molecule has 5 nitrogen and oxygen atoms in total. The Balaban J connectivity index is 3.17. The summed E-state index contributed by atoms with van der Waals surface area (Å²) in [4.78, 5) is 13.7. The van der Waals surface area contributed by atoms with E-state index < -0.39 is 4.92 Å². The fourth-order valence-corrected chi connectivity index (χ4v) is 1.27. The Morgan fingerprint density at radius 1 is 1.69 bits per heavy atom. The monoisotopic (exact) mass is 246 g/mol. The molecule has 0 bridgehead atoms. The third-order valence-corrected chi connectivity index (χ3v) is 1.88. The van der Waals surface area contributed by atoms with Gasteiger partial charge in [0.15, 0.2) is 0 Å². The van der Waals surface area contributed by atoms with Gasteiger partial charge in [-0.1, -0.05) is 0 Å². The van der Waals surface area contributed by atoms with Gasteiger partial charge >= 0.3 is 5.69 Å². The van der Waals surface area contributed by atoms with Crippen LogP contribution in [-0.4, -0.2) is 16.5 Å². The summed E-state index contributed by atoms with van der Waals surface area (Å²) >= 11 is 3.12. The number of hydrogen-bond donors (Lipinski definition) is 0. The Morgan fingerprint density at radius 2 is 2.38 bits per heavy atom. The van der Waals surface area contributed by atoms with Gasteiger partial charge in [-0.2, -0.15) is 0 Å². The Hall–Kier alpha value is -1.17. The molecule has 1 aromatic heterocycles. The SMILES string of the molecule is CCOc1c(Br)cncc1[N+](=O)[O-]. The second-order valence-corrected chi connectivity index (χ2v) is 3.01. The first-order chi connectivity index (χ1) is 6.16. The lowest BCUT2D eigenvalue weighted by atomic mass is 10.4. The molecule has 13 heavy (non-hydrogen) atoms. The maximum atomic E-state index is 10.5. The summed E-state index contributed by atoms with van der Waals surface area (Å²) in [5.74, 6) is 0.225. The van der Waals surface area contributed by atoms with Crippen LogP contribution in [0.1, 0.15) is 6.92 Å². The van der Waals surface area contributed by atoms with E-state index in [0.717, 1.165) is 6.20 Å². The molecule has 0 aliphatic carbocycles. The lowest BCUT2D eigenvalue weighted by Crippen LogP contribution is -1.98. The molecule has 0 spiro atoms. The molecular formula is C7H7BrN2O3. The fourth-order valence-electron chi connectivity index (χ4n) is 0.830. The Bertz CT molecular complexity index is 330. The minimum atomic E-state index is -0.525. The molecular weight excluding hydrogens is 240 g/mol. The highest BCUT2D eigenvalue weighted by atomic mass is 79.9. The smallest absolute Gasteiger partial charge is 0.330 e. The van der Waals surface area contributed by atoms with Crippen LogP contribution in [0, 0.1) is 10.1 Å². The van der Waals surface area contributed by atoms with E-state index >= 15 is 0 Å². The minimum absolute atomic E-state index is 0.128. The third kappa shape index (κ3) is 2.15. The predicted molar refractivity (Wildman–Crippen MR) is 49.8 cm³/mol. The molecule has 0 unspecified atom stereocenters. The third-order valence-electron chi connectivity index (χ3n) is 1.32. The van der Waals surface area contributed by atoms with Crippen LogP contribution >= 0.6 is 15.9 Å². The molecule has 0 fully saturated rings. The van der Waals surface area contributed by atoms with Crippen LogP contribution in [0.15, 0.2) is 16.9 Å². The molecule has 70 valence electrons. The van der Waals surface area contributed by atoms with E-state index in [0.29, 0.717) is 11.1 Å². The molecule has 1 heterocycles. The van der Waals surface area contributed by atoms with Crippen molar-refractivity contribution in [3.63, 3.8) is 0 Å². The highest BCUT2D eigenvalue weighted by Gasteiger charge is 2.17. The van der Waals surface area contributed by atoms with Gasteiger partial charge in [-0.15, -0.1) is 0 Å². The number of pyridine rings is 1. The van der Waals surface area contributed by atoms with Gasteiger partial charge in [0.05, 0.1) is 16.0 Å². The van der Waals surface area contributed by atoms with Crippen molar-refractivity contribution in [1.82, 2.24) is 4.98 Å². The van der Waals surface area contributed by atoms with Crippen molar-refractivity contribution in [3.05, 3.63) is 27.0 Å². The molecule has 0 saturated heterocycles. The van der Waals surface area contributed by atoms with Crippen LogP contribution < -0.4 is 4.74 Å². The number of hydrogen-bond acceptors (Lipinski definition) is 4. The molecule has 1 aromatic rings. The summed E-state index contributed by atoms with van der Waals surface area (Å²) in [7, 11) is 0. The van der Waals surface area contributed by atoms with Gasteiger partial charge in [0.1, 0.15) is 6.20 Å².